The molecule has 7 heteroatoms. The normalized spacial score (nSPS) is 22.0. The summed E-state index contributed by atoms with van der Waals surface area (Å²) < 4.78 is 20.6. The summed E-state index contributed by atoms with van der Waals surface area (Å²) in [6.07, 6.45) is 2.91. The van der Waals surface area contributed by atoms with E-state index in [1.165, 1.54) is 16.8 Å². The molecule has 4 rings (SSSR count). The van der Waals surface area contributed by atoms with Crippen molar-refractivity contribution in [2.75, 3.05) is 24.7 Å². The summed E-state index contributed by atoms with van der Waals surface area (Å²) in [7, 11) is 1.68. The molecule has 1 aromatic carbocycles. The van der Waals surface area contributed by atoms with Crippen LogP contribution in [0.25, 0.3) is 0 Å². The first-order valence-electron chi connectivity index (χ1n) is 8.55. The van der Waals surface area contributed by atoms with Gasteiger partial charge in [-0.1, -0.05) is 0 Å². The highest BCUT2D eigenvalue weighted by molar-refractivity contribution is 5.89. The number of carbonyl (C=O) groups excluding carboxylic acids is 1. The molecule has 2 aliphatic rings. The molecule has 6 nitrogen and oxygen atoms in total. The van der Waals surface area contributed by atoms with E-state index in [0.29, 0.717) is 37.2 Å². The topological polar surface area (TPSA) is 82.2 Å². The van der Waals surface area contributed by atoms with Crippen molar-refractivity contribution < 1.29 is 13.9 Å². The molecule has 0 saturated carbocycles. The zero-order chi connectivity index (χ0) is 17.6. The van der Waals surface area contributed by atoms with Gasteiger partial charge in [-0.3, -0.25) is 4.79 Å². The molecule has 2 heterocycles. The molecular formula is C18H21FN4O2. The van der Waals surface area contributed by atoms with Gasteiger partial charge in [0.05, 0.1) is 17.7 Å². The van der Waals surface area contributed by atoms with Crippen LogP contribution in [0.3, 0.4) is 0 Å². The van der Waals surface area contributed by atoms with E-state index in [1.807, 2.05) is 0 Å². The first kappa shape index (κ1) is 16.1. The lowest BCUT2D eigenvalue weighted by Crippen LogP contribution is -2.30. The molecule has 0 spiro atoms. The smallest absolute Gasteiger partial charge is 0.254 e. The fourth-order valence-corrected chi connectivity index (χ4v) is 3.89. The fourth-order valence-electron chi connectivity index (χ4n) is 3.89. The second-order valence-corrected chi connectivity index (χ2v) is 6.66. The minimum atomic E-state index is -0.421. The summed E-state index contributed by atoms with van der Waals surface area (Å²) in [4.78, 5) is 13.2. The molecule has 2 aromatic rings. The van der Waals surface area contributed by atoms with Gasteiger partial charge in [0.15, 0.2) is 0 Å². The lowest BCUT2D eigenvalue weighted by atomic mass is 9.89. The van der Waals surface area contributed by atoms with Gasteiger partial charge < -0.3 is 15.8 Å². The van der Waals surface area contributed by atoms with Gasteiger partial charge in [0.25, 0.3) is 5.91 Å². The number of nitrogens with one attached hydrogen (secondary N) is 1. The Balaban J connectivity index is 1.71. The number of halogens is 1. The van der Waals surface area contributed by atoms with Crippen molar-refractivity contribution >= 4 is 17.4 Å². The number of nitrogen functional groups attached to an aromatic ring is 1. The highest BCUT2D eigenvalue weighted by Crippen LogP contribution is 2.35. The second kappa shape index (κ2) is 6.15. The van der Waals surface area contributed by atoms with Crippen LogP contribution in [0.5, 0.6) is 0 Å². The Morgan fingerprint density at radius 1 is 1.44 bits per heavy atom. The monoisotopic (exact) mass is 344 g/mol. The number of rotatable bonds is 2. The summed E-state index contributed by atoms with van der Waals surface area (Å²) in [5.41, 5.74) is 9.31. The Bertz CT molecular complexity index is 833. The van der Waals surface area contributed by atoms with Crippen molar-refractivity contribution in [3.8, 4) is 0 Å². The molecule has 0 bridgehead atoms. The fraction of sp³-hybridized carbons (Fsp3) is 0.444. The molecule has 2 atom stereocenters. The van der Waals surface area contributed by atoms with Gasteiger partial charge in [-0.2, -0.15) is 0 Å². The Morgan fingerprint density at radius 3 is 3.08 bits per heavy atom. The highest BCUT2D eigenvalue weighted by atomic mass is 19.1. The lowest BCUT2D eigenvalue weighted by molar-refractivity contribution is 0.0823. The Morgan fingerprint density at radius 2 is 2.28 bits per heavy atom. The van der Waals surface area contributed by atoms with Crippen molar-refractivity contribution in [3.63, 3.8) is 0 Å². The standard InChI is InChI=1S/C18H21FN4O2/c1-25-11-3-5-16-14(9-11)17(20)22-23(16)18(24)12-6-7-21-15-4-2-10(19)8-13(12)15/h2,4,8,11-12,21H,3,5-7,9H2,1H3,(H2,20,22). The molecule has 0 radical (unpaired) electrons. The van der Waals surface area contributed by atoms with Crippen LogP contribution in [0, 0.1) is 5.82 Å². The van der Waals surface area contributed by atoms with Gasteiger partial charge in [0.1, 0.15) is 11.6 Å². The van der Waals surface area contributed by atoms with Crippen molar-refractivity contribution in [1.82, 2.24) is 9.78 Å². The zero-order valence-electron chi connectivity index (χ0n) is 14.1. The number of hydrogen-bond acceptors (Lipinski definition) is 5. The molecule has 2 unspecified atom stereocenters. The maximum atomic E-state index is 13.7. The number of nitrogens with zero attached hydrogens (tertiary/aromatic N) is 2. The second-order valence-electron chi connectivity index (χ2n) is 6.66. The van der Waals surface area contributed by atoms with Crippen molar-refractivity contribution in [2.45, 2.75) is 37.7 Å². The number of benzene rings is 1. The third-order valence-corrected chi connectivity index (χ3v) is 5.23. The van der Waals surface area contributed by atoms with E-state index in [9.17, 15) is 9.18 Å². The molecule has 0 amide bonds. The van der Waals surface area contributed by atoms with Crippen LogP contribution in [0.1, 0.15) is 40.4 Å². The predicted octanol–water partition coefficient (Wildman–Crippen LogP) is 2.35. The molecule has 0 fully saturated rings. The number of ether oxygens (including phenoxy) is 1. The van der Waals surface area contributed by atoms with Crippen molar-refractivity contribution in [1.29, 1.82) is 0 Å². The van der Waals surface area contributed by atoms with E-state index in [4.69, 9.17) is 10.5 Å². The SMILES string of the molecule is COC1CCc2c(c(N)nn2C(=O)C2CCNc3ccc(F)cc32)C1. The molecule has 3 N–H and O–H groups in total. The van der Waals surface area contributed by atoms with Crippen LogP contribution in [0.15, 0.2) is 18.2 Å². The van der Waals surface area contributed by atoms with Crippen LogP contribution in [0.4, 0.5) is 15.9 Å². The summed E-state index contributed by atoms with van der Waals surface area (Å²) >= 11 is 0. The molecule has 0 saturated heterocycles. The molecule has 1 aliphatic carbocycles. The number of nitrogens with two attached hydrogens (primary N) is 1. The van der Waals surface area contributed by atoms with Crippen molar-refractivity contribution in [3.05, 3.63) is 40.8 Å². The van der Waals surface area contributed by atoms with Crippen molar-refractivity contribution in [2.24, 2.45) is 0 Å². The van der Waals surface area contributed by atoms with E-state index < -0.39 is 5.92 Å². The van der Waals surface area contributed by atoms with Crippen LogP contribution in [-0.2, 0) is 17.6 Å². The number of fused-ring (bicyclic) bond motifs is 2. The largest absolute Gasteiger partial charge is 0.385 e. The van der Waals surface area contributed by atoms with Gasteiger partial charge in [-0.15, -0.1) is 5.10 Å². The minimum absolute atomic E-state index is 0.108. The van der Waals surface area contributed by atoms with Gasteiger partial charge in [0, 0.05) is 31.3 Å². The Kier molecular flexibility index (Phi) is 3.95. The van der Waals surface area contributed by atoms with Gasteiger partial charge in [-0.05, 0) is 43.0 Å². The van der Waals surface area contributed by atoms with E-state index in [2.05, 4.69) is 10.4 Å². The van der Waals surface area contributed by atoms with E-state index in [1.54, 1.807) is 13.2 Å². The van der Waals surface area contributed by atoms with Gasteiger partial charge >= 0.3 is 0 Å². The van der Waals surface area contributed by atoms with E-state index in [-0.39, 0.29) is 17.8 Å². The zero-order valence-corrected chi connectivity index (χ0v) is 14.1. The summed E-state index contributed by atoms with van der Waals surface area (Å²) in [5.74, 6) is -0.517. The maximum Gasteiger partial charge on any atom is 0.254 e. The summed E-state index contributed by atoms with van der Waals surface area (Å²) in [6, 6.07) is 4.52. The number of methoxy groups -OCH3 is 1. The third kappa shape index (κ3) is 2.68. The number of anilines is 2. The minimum Gasteiger partial charge on any atom is -0.385 e. The Labute approximate surface area is 145 Å². The molecule has 25 heavy (non-hydrogen) atoms. The number of hydrogen-bond donors (Lipinski definition) is 2. The first-order chi connectivity index (χ1) is 12.1. The average Bonchev–Trinajstić information content (AvgIpc) is 2.96. The molecular weight excluding hydrogens is 323 g/mol. The Hall–Kier alpha value is -2.41. The quantitative estimate of drug-likeness (QED) is 0.874. The molecule has 1 aliphatic heterocycles. The average molecular weight is 344 g/mol. The van der Waals surface area contributed by atoms with Crippen LogP contribution in [0.2, 0.25) is 0 Å². The number of carbonyl (C=O) groups is 1. The first-order valence-corrected chi connectivity index (χ1v) is 8.55. The van der Waals surface area contributed by atoms with Crippen LogP contribution >= 0.6 is 0 Å². The molecule has 1 aromatic heterocycles. The van der Waals surface area contributed by atoms with Crippen LogP contribution in [-0.4, -0.2) is 35.4 Å². The third-order valence-electron chi connectivity index (χ3n) is 5.23. The van der Waals surface area contributed by atoms with E-state index >= 15 is 0 Å². The highest BCUT2D eigenvalue weighted by Gasteiger charge is 2.33. The summed E-state index contributed by atoms with van der Waals surface area (Å²) in [6.45, 7) is 0.666. The van der Waals surface area contributed by atoms with Gasteiger partial charge in [-0.25, -0.2) is 9.07 Å². The number of aromatic nitrogens is 2. The molecule has 132 valence electrons. The maximum absolute atomic E-state index is 13.7. The van der Waals surface area contributed by atoms with Crippen LogP contribution < -0.4 is 11.1 Å². The predicted molar refractivity (Wildman–Crippen MR) is 92.3 cm³/mol. The summed E-state index contributed by atoms with van der Waals surface area (Å²) in [5, 5.41) is 7.52. The van der Waals surface area contributed by atoms with Gasteiger partial charge in [0.2, 0.25) is 0 Å². The lowest BCUT2D eigenvalue weighted by Gasteiger charge is -2.27. The van der Waals surface area contributed by atoms with E-state index in [0.717, 1.165) is 23.4 Å².